The van der Waals surface area contributed by atoms with E-state index in [1.807, 2.05) is 12.3 Å². The number of phenols is 1. The Bertz CT molecular complexity index is 924. The molecule has 148 valence electrons. The Kier molecular flexibility index (Phi) is 5.27. The summed E-state index contributed by atoms with van der Waals surface area (Å²) < 4.78 is 19.4. The smallest absolute Gasteiger partial charge is 0.246 e. The van der Waals surface area contributed by atoms with Crippen molar-refractivity contribution >= 4 is 28.1 Å². The molecule has 2 aliphatic rings. The van der Waals surface area contributed by atoms with Crippen LogP contribution in [0.15, 0.2) is 22.6 Å². The number of phenolic OH excluding ortho intramolecular Hbond substituents is 1. The van der Waals surface area contributed by atoms with E-state index in [1.165, 1.54) is 23.5 Å². The number of carbonyl (C=O) groups is 1. The predicted octanol–water partition coefficient (Wildman–Crippen LogP) is 2.39. The summed E-state index contributed by atoms with van der Waals surface area (Å²) in [6.45, 7) is 4.82. The molecular weight excluding hydrogens is 383 g/mol. The van der Waals surface area contributed by atoms with Crippen molar-refractivity contribution in [1.82, 2.24) is 10.4 Å². The van der Waals surface area contributed by atoms with Gasteiger partial charge in [0.15, 0.2) is 5.13 Å². The molecule has 1 aliphatic carbocycles. The van der Waals surface area contributed by atoms with Crippen molar-refractivity contribution in [3.63, 3.8) is 0 Å². The van der Waals surface area contributed by atoms with Gasteiger partial charge in [-0.15, -0.1) is 11.3 Å². The van der Waals surface area contributed by atoms with Crippen LogP contribution in [0.5, 0.6) is 5.75 Å². The highest BCUT2D eigenvalue weighted by Crippen LogP contribution is 2.39. The molecule has 0 radical (unpaired) electrons. The van der Waals surface area contributed by atoms with E-state index in [9.17, 15) is 14.3 Å². The number of anilines is 1. The van der Waals surface area contributed by atoms with E-state index in [4.69, 9.17) is 4.74 Å². The fourth-order valence-corrected chi connectivity index (χ4v) is 4.45. The highest BCUT2D eigenvalue weighted by atomic mass is 32.1. The molecule has 9 heteroatoms. The number of morpholine rings is 1. The summed E-state index contributed by atoms with van der Waals surface area (Å²) in [6, 6.07) is 2.56. The number of ether oxygens (including phenoxy) is 1. The van der Waals surface area contributed by atoms with Crippen LogP contribution in [0.1, 0.15) is 36.1 Å². The maximum Gasteiger partial charge on any atom is 0.246 e. The van der Waals surface area contributed by atoms with Crippen LogP contribution in [0.2, 0.25) is 0 Å². The SMILES string of the molecule is C[C@H]1C/C(=N\NC(=O)Cc2csc(N3CCOCC3)n2)c2c(O)ccc(F)c21. The average molecular weight is 404 g/mol. The first-order valence-electron chi connectivity index (χ1n) is 9.17. The van der Waals surface area contributed by atoms with E-state index in [2.05, 4.69) is 20.4 Å². The normalized spacial score (nSPS) is 20.4. The molecule has 0 bridgehead atoms. The Labute approximate surface area is 165 Å². The van der Waals surface area contributed by atoms with Gasteiger partial charge in [0.25, 0.3) is 0 Å². The van der Waals surface area contributed by atoms with Crippen LogP contribution in [0.4, 0.5) is 9.52 Å². The molecule has 2 aromatic rings. The van der Waals surface area contributed by atoms with Crippen molar-refractivity contribution in [2.24, 2.45) is 5.10 Å². The van der Waals surface area contributed by atoms with Gasteiger partial charge in [0.1, 0.15) is 11.6 Å². The first kappa shape index (κ1) is 18.8. The second-order valence-electron chi connectivity index (χ2n) is 6.95. The standard InChI is InChI=1S/C19H21FN4O3S/c1-11-8-14(18-15(25)3-2-13(20)17(11)18)22-23-16(26)9-12-10-28-19(21-12)24-4-6-27-7-5-24/h2-3,10-11,25H,4-9H2,1H3,(H,23,26)/b22-14+/t11-/m0/s1. The van der Waals surface area contributed by atoms with Crippen molar-refractivity contribution in [2.75, 3.05) is 31.2 Å². The van der Waals surface area contributed by atoms with Crippen LogP contribution >= 0.6 is 11.3 Å². The molecule has 7 nitrogen and oxygen atoms in total. The summed E-state index contributed by atoms with van der Waals surface area (Å²) in [5, 5.41) is 17.0. The number of hydrogen-bond donors (Lipinski definition) is 2. The van der Waals surface area contributed by atoms with Gasteiger partial charge in [-0.1, -0.05) is 6.92 Å². The number of amides is 1. The van der Waals surface area contributed by atoms with Gasteiger partial charge >= 0.3 is 0 Å². The number of aromatic nitrogens is 1. The Balaban J connectivity index is 1.42. The number of hydrogen-bond acceptors (Lipinski definition) is 7. The first-order chi connectivity index (χ1) is 13.5. The Morgan fingerprint density at radius 2 is 2.25 bits per heavy atom. The van der Waals surface area contributed by atoms with Crippen LogP contribution in [-0.4, -0.2) is 48.0 Å². The number of hydrazone groups is 1. The lowest BCUT2D eigenvalue weighted by Crippen LogP contribution is -2.36. The molecule has 0 saturated carbocycles. The average Bonchev–Trinajstić information content (AvgIpc) is 3.29. The van der Waals surface area contributed by atoms with Crippen LogP contribution in [-0.2, 0) is 16.0 Å². The first-order valence-corrected chi connectivity index (χ1v) is 10.0. The zero-order valence-electron chi connectivity index (χ0n) is 15.4. The highest BCUT2D eigenvalue weighted by molar-refractivity contribution is 7.13. The van der Waals surface area contributed by atoms with Crippen LogP contribution < -0.4 is 10.3 Å². The van der Waals surface area contributed by atoms with Crippen LogP contribution in [0.25, 0.3) is 0 Å². The number of halogens is 1. The van der Waals surface area contributed by atoms with Gasteiger partial charge in [0.05, 0.1) is 31.0 Å². The number of rotatable bonds is 4. The highest BCUT2D eigenvalue weighted by Gasteiger charge is 2.30. The van der Waals surface area contributed by atoms with E-state index >= 15 is 0 Å². The summed E-state index contributed by atoms with van der Waals surface area (Å²) in [5.74, 6) is -0.797. The fourth-order valence-electron chi connectivity index (χ4n) is 3.57. The molecular formula is C19H21FN4O3S. The van der Waals surface area contributed by atoms with Crippen molar-refractivity contribution < 1.29 is 19.0 Å². The molecule has 1 fully saturated rings. The monoisotopic (exact) mass is 404 g/mol. The molecule has 1 saturated heterocycles. The van der Waals surface area contributed by atoms with Gasteiger partial charge < -0.3 is 14.7 Å². The second-order valence-corrected chi connectivity index (χ2v) is 7.79. The third kappa shape index (κ3) is 3.72. The molecule has 1 atom stereocenters. The van der Waals surface area contributed by atoms with Gasteiger partial charge in [-0.2, -0.15) is 5.10 Å². The van der Waals surface area contributed by atoms with E-state index in [0.717, 1.165) is 18.2 Å². The molecule has 4 rings (SSSR count). The zero-order valence-corrected chi connectivity index (χ0v) is 16.3. The van der Waals surface area contributed by atoms with Crippen molar-refractivity contribution in [3.8, 4) is 5.75 Å². The lowest BCUT2D eigenvalue weighted by atomic mass is 10.0. The Morgan fingerprint density at radius 1 is 1.46 bits per heavy atom. The lowest BCUT2D eigenvalue weighted by molar-refractivity contribution is -0.120. The maximum atomic E-state index is 14.1. The van der Waals surface area contributed by atoms with Gasteiger partial charge in [-0.05, 0) is 24.5 Å². The van der Waals surface area contributed by atoms with Crippen LogP contribution in [0, 0.1) is 5.82 Å². The Hall–Kier alpha value is -2.52. The number of benzene rings is 1. The summed E-state index contributed by atoms with van der Waals surface area (Å²) in [6.07, 6.45) is 0.567. The molecule has 1 aromatic carbocycles. The topological polar surface area (TPSA) is 87.1 Å². The van der Waals surface area contributed by atoms with Crippen molar-refractivity contribution in [2.45, 2.75) is 25.7 Å². The summed E-state index contributed by atoms with van der Waals surface area (Å²) >= 11 is 1.50. The van der Waals surface area contributed by atoms with E-state index in [1.54, 1.807) is 0 Å². The molecule has 2 N–H and O–H groups in total. The number of nitrogens with one attached hydrogen (secondary N) is 1. The quantitative estimate of drug-likeness (QED) is 0.764. The number of thiazole rings is 1. The number of fused-ring (bicyclic) bond motifs is 1. The minimum Gasteiger partial charge on any atom is -0.507 e. The second kappa shape index (κ2) is 7.84. The minimum absolute atomic E-state index is 0.0246. The van der Waals surface area contributed by atoms with Gasteiger partial charge in [-0.3, -0.25) is 4.79 Å². The Morgan fingerprint density at radius 3 is 3.04 bits per heavy atom. The summed E-state index contributed by atoms with van der Waals surface area (Å²) in [7, 11) is 0. The maximum absolute atomic E-state index is 14.1. The van der Waals surface area contributed by atoms with Gasteiger partial charge in [-0.25, -0.2) is 14.8 Å². The molecule has 0 spiro atoms. The summed E-state index contributed by atoms with van der Waals surface area (Å²) in [5.41, 5.74) is 4.51. The van der Waals surface area contributed by atoms with Crippen molar-refractivity contribution in [3.05, 3.63) is 40.2 Å². The minimum atomic E-state index is -0.366. The molecule has 1 aliphatic heterocycles. The molecule has 1 aromatic heterocycles. The van der Waals surface area contributed by atoms with E-state index in [-0.39, 0.29) is 29.8 Å². The third-order valence-corrected chi connectivity index (χ3v) is 5.88. The zero-order chi connectivity index (χ0) is 19.7. The molecule has 0 unspecified atom stereocenters. The fraction of sp³-hybridized carbons (Fsp3) is 0.421. The summed E-state index contributed by atoms with van der Waals surface area (Å²) in [4.78, 5) is 18.9. The van der Waals surface area contributed by atoms with E-state index in [0.29, 0.717) is 42.2 Å². The number of nitrogens with zero attached hydrogens (tertiary/aromatic N) is 3. The lowest BCUT2D eigenvalue weighted by Gasteiger charge is -2.26. The predicted molar refractivity (Wildman–Crippen MR) is 105 cm³/mol. The van der Waals surface area contributed by atoms with Gasteiger partial charge in [0.2, 0.25) is 5.91 Å². The molecule has 1 amide bonds. The van der Waals surface area contributed by atoms with Crippen molar-refractivity contribution in [1.29, 1.82) is 0 Å². The largest absolute Gasteiger partial charge is 0.507 e. The van der Waals surface area contributed by atoms with Crippen LogP contribution in [0.3, 0.4) is 0 Å². The third-order valence-electron chi connectivity index (χ3n) is 4.93. The van der Waals surface area contributed by atoms with Gasteiger partial charge in [0, 0.05) is 29.6 Å². The number of aromatic hydroxyl groups is 1. The number of carbonyl (C=O) groups excluding carboxylic acids is 1. The molecule has 28 heavy (non-hydrogen) atoms. The van der Waals surface area contributed by atoms with E-state index < -0.39 is 0 Å². The molecule has 2 heterocycles.